The number of fused-ring (bicyclic) bond motifs is 1. The summed E-state index contributed by atoms with van der Waals surface area (Å²) in [6.45, 7) is 0.892. The van der Waals surface area contributed by atoms with Gasteiger partial charge in [0, 0.05) is 24.7 Å². The molecule has 0 N–H and O–H groups in total. The van der Waals surface area contributed by atoms with Crippen molar-refractivity contribution < 1.29 is 23.8 Å². The summed E-state index contributed by atoms with van der Waals surface area (Å²) in [6, 6.07) is 11.9. The fourth-order valence-corrected chi connectivity index (χ4v) is 2.96. The van der Waals surface area contributed by atoms with E-state index in [4.69, 9.17) is 14.2 Å². The van der Waals surface area contributed by atoms with E-state index in [1.165, 1.54) is 0 Å². The number of hydrogen-bond acceptors (Lipinski definition) is 5. The standard InChI is InChI=1S/C19H17NO5/c21-18-3-1-2-10-20(18)14-6-4-13(5-7-14)19(22)25-15-8-9-16-17(11-15)24-12-23-16/h4-9,11H,1-3,10,12H2. The second kappa shape index (κ2) is 6.47. The van der Waals surface area contributed by atoms with Crippen LogP contribution in [-0.2, 0) is 4.79 Å². The molecule has 2 heterocycles. The first kappa shape index (κ1) is 15.5. The molecule has 1 saturated heterocycles. The predicted molar refractivity (Wildman–Crippen MR) is 90.2 cm³/mol. The van der Waals surface area contributed by atoms with Crippen LogP contribution in [-0.4, -0.2) is 25.2 Å². The Morgan fingerprint density at radius 2 is 1.80 bits per heavy atom. The lowest BCUT2D eigenvalue weighted by molar-refractivity contribution is -0.119. The Morgan fingerprint density at radius 3 is 2.60 bits per heavy atom. The number of rotatable bonds is 3. The van der Waals surface area contributed by atoms with Gasteiger partial charge in [-0.05, 0) is 49.2 Å². The summed E-state index contributed by atoms with van der Waals surface area (Å²) in [6.07, 6.45) is 2.52. The Morgan fingerprint density at radius 1 is 1.00 bits per heavy atom. The maximum absolute atomic E-state index is 12.3. The maximum Gasteiger partial charge on any atom is 0.343 e. The molecule has 0 atom stereocenters. The Hall–Kier alpha value is -3.02. The summed E-state index contributed by atoms with van der Waals surface area (Å²) in [7, 11) is 0. The van der Waals surface area contributed by atoms with Crippen molar-refractivity contribution in [3.05, 3.63) is 48.0 Å². The molecule has 0 bridgehead atoms. The topological polar surface area (TPSA) is 65.1 Å². The number of nitrogens with zero attached hydrogens (tertiary/aromatic N) is 1. The van der Waals surface area contributed by atoms with Crippen LogP contribution in [0.4, 0.5) is 5.69 Å². The van der Waals surface area contributed by atoms with Crippen LogP contribution in [0.1, 0.15) is 29.6 Å². The number of benzene rings is 2. The van der Waals surface area contributed by atoms with E-state index < -0.39 is 5.97 Å². The zero-order chi connectivity index (χ0) is 17.2. The number of piperidine rings is 1. The second-order valence-corrected chi connectivity index (χ2v) is 5.95. The van der Waals surface area contributed by atoms with Crippen LogP contribution in [0.5, 0.6) is 17.2 Å². The van der Waals surface area contributed by atoms with Crippen molar-refractivity contribution in [2.75, 3.05) is 18.2 Å². The molecule has 6 heteroatoms. The fraction of sp³-hybridized carbons (Fsp3) is 0.263. The van der Waals surface area contributed by atoms with Gasteiger partial charge in [-0.2, -0.15) is 0 Å². The number of carbonyl (C=O) groups excluding carboxylic acids is 2. The first-order valence-corrected chi connectivity index (χ1v) is 8.23. The molecule has 0 aliphatic carbocycles. The molecule has 6 nitrogen and oxygen atoms in total. The molecular formula is C19H17NO5. The van der Waals surface area contributed by atoms with Gasteiger partial charge in [-0.1, -0.05) is 0 Å². The molecular weight excluding hydrogens is 322 g/mol. The number of carbonyl (C=O) groups is 2. The zero-order valence-corrected chi connectivity index (χ0v) is 13.6. The molecule has 0 spiro atoms. The molecule has 4 rings (SSSR count). The Bertz CT molecular complexity index is 815. The van der Waals surface area contributed by atoms with Crippen LogP contribution in [0, 0.1) is 0 Å². The van der Waals surface area contributed by atoms with E-state index in [0.29, 0.717) is 29.2 Å². The highest BCUT2D eigenvalue weighted by atomic mass is 16.7. The van der Waals surface area contributed by atoms with E-state index >= 15 is 0 Å². The number of ether oxygens (including phenoxy) is 3. The van der Waals surface area contributed by atoms with Crippen LogP contribution in [0.25, 0.3) is 0 Å². The van der Waals surface area contributed by atoms with Gasteiger partial charge in [0.15, 0.2) is 11.5 Å². The summed E-state index contributed by atoms with van der Waals surface area (Å²) >= 11 is 0. The third-order valence-corrected chi connectivity index (χ3v) is 4.29. The summed E-state index contributed by atoms with van der Waals surface area (Å²) < 4.78 is 15.9. The summed E-state index contributed by atoms with van der Waals surface area (Å²) in [5.74, 6) is 1.25. The van der Waals surface area contributed by atoms with Crippen LogP contribution in [0.2, 0.25) is 0 Å². The highest BCUT2D eigenvalue weighted by Crippen LogP contribution is 2.35. The van der Waals surface area contributed by atoms with Gasteiger partial charge in [0.2, 0.25) is 12.7 Å². The number of esters is 1. The van der Waals surface area contributed by atoms with Gasteiger partial charge in [0.05, 0.1) is 5.56 Å². The molecule has 0 unspecified atom stereocenters. The minimum absolute atomic E-state index is 0.127. The van der Waals surface area contributed by atoms with Crippen molar-refractivity contribution in [1.82, 2.24) is 0 Å². The van der Waals surface area contributed by atoms with Crippen LogP contribution in [0.15, 0.2) is 42.5 Å². The Balaban J connectivity index is 1.46. The first-order chi connectivity index (χ1) is 12.2. The first-order valence-electron chi connectivity index (χ1n) is 8.23. The van der Waals surface area contributed by atoms with E-state index in [2.05, 4.69) is 0 Å². The van der Waals surface area contributed by atoms with Crippen LogP contribution in [0.3, 0.4) is 0 Å². The highest BCUT2D eigenvalue weighted by Gasteiger charge is 2.20. The van der Waals surface area contributed by atoms with Gasteiger partial charge < -0.3 is 19.1 Å². The van der Waals surface area contributed by atoms with Crippen molar-refractivity contribution in [3.63, 3.8) is 0 Å². The predicted octanol–water partition coefficient (Wildman–Crippen LogP) is 3.15. The third-order valence-electron chi connectivity index (χ3n) is 4.29. The van der Waals surface area contributed by atoms with E-state index in [0.717, 1.165) is 25.1 Å². The molecule has 2 aromatic rings. The number of anilines is 1. The Labute approximate surface area is 144 Å². The number of hydrogen-bond donors (Lipinski definition) is 0. The van der Waals surface area contributed by atoms with Crippen molar-refractivity contribution >= 4 is 17.6 Å². The second-order valence-electron chi connectivity index (χ2n) is 5.95. The molecule has 0 saturated carbocycles. The largest absolute Gasteiger partial charge is 0.454 e. The van der Waals surface area contributed by atoms with Gasteiger partial charge >= 0.3 is 5.97 Å². The average molecular weight is 339 g/mol. The SMILES string of the molecule is O=C(Oc1ccc2c(c1)OCO2)c1ccc(N2CCCCC2=O)cc1. The minimum atomic E-state index is -0.463. The molecule has 2 aliphatic heterocycles. The van der Waals surface area contributed by atoms with Gasteiger partial charge in [0.25, 0.3) is 0 Å². The molecule has 1 amide bonds. The van der Waals surface area contributed by atoms with E-state index in [-0.39, 0.29) is 12.7 Å². The van der Waals surface area contributed by atoms with Gasteiger partial charge in [-0.3, -0.25) is 4.79 Å². The lowest BCUT2D eigenvalue weighted by atomic mass is 10.1. The van der Waals surface area contributed by atoms with Crippen molar-refractivity contribution in [2.45, 2.75) is 19.3 Å². The zero-order valence-electron chi connectivity index (χ0n) is 13.6. The lowest BCUT2D eigenvalue weighted by Crippen LogP contribution is -2.35. The lowest BCUT2D eigenvalue weighted by Gasteiger charge is -2.26. The molecule has 0 aromatic heterocycles. The van der Waals surface area contributed by atoms with Gasteiger partial charge in [-0.15, -0.1) is 0 Å². The molecule has 0 radical (unpaired) electrons. The normalized spacial score (nSPS) is 16.0. The molecule has 128 valence electrons. The molecule has 25 heavy (non-hydrogen) atoms. The van der Waals surface area contributed by atoms with E-state index in [1.54, 1.807) is 47.4 Å². The maximum atomic E-state index is 12.3. The molecule has 2 aliphatic rings. The summed E-state index contributed by atoms with van der Waals surface area (Å²) in [4.78, 5) is 26.0. The van der Waals surface area contributed by atoms with Crippen molar-refractivity contribution in [2.24, 2.45) is 0 Å². The van der Waals surface area contributed by atoms with Crippen LogP contribution < -0.4 is 19.1 Å². The summed E-state index contributed by atoms with van der Waals surface area (Å²) in [5.41, 5.74) is 1.23. The smallest absolute Gasteiger partial charge is 0.343 e. The summed E-state index contributed by atoms with van der Waals surface area (Å²) in [5, 5.41) is 0. The minimum Gasteiger partial charge on any atom is -0.454 e. The Kier molecular flexibility index (Phi) is 4.01. The van der Waals surface area contributed by atoms with E-state index in [9.17, 15) is 9.59 Å². The third kappa shape index (κ3) is 3.15. The highest BCUT2D eigenvalue weighted by molar-refractivity contribution is 5.95. The van der Waals surface area contributed by atoms with Crippen molar-refractivity contribution in [1.29, 1.82) is 0 Å². The molecule has 1 fully saturated rings. The quantitative estimate of drug-likeness (QED) is 0.635. The fourth-order valence-electron chi connectivity index (χ4n) is 2.96. The van der Waals surface area contributed by atoms with Gasteiger partial charge in [0.1, 0.15) is 5.75 Å². The van der Waals surface area contributed by atoms with Gasteiger partial charge in [-0.25, -0.2) is 4.79 Å². The molecule has 2 aromatic carbocycles. The number of amides is 1. The van der Waals surface area contributed by atoms with E-state index in [1.807, 2.05) is 0 Å². The monoisotopic (exact) mass is 339 g/mol. The van der Waals surface area contributed by atoms with Crippen molar-refractivity contribution in [3.8, 4) is 17.2 Å². The van der Waals surface area contributed by atoms with Crippen LogP contribution >= 0.6 is 0 Å². The average Bonchev–Trinajstić information content (AvgIpc) is 3.10.